The molecule has 6 heteroatoms. The van der Waals surface area contributed by atoms with Gasteiger partial charge in [0.15, 0.2) is 0 Å². The Morgan fingerprint density at radius 3 is 2.50 bits per heavy atom. The number of rotatable bonds is 4. The van der Waals surface area contributed by atoms with Crippen molar-refractivity contribution in [1.82, 2.24) is 4.90 Å². The van der Waals surface area contributed by atoms with Gasteiger partial charge in [-0.05, 0) is 37.8 Å². The molecular formula is C16H22BrN3O2. The van der Waals surface area contributed by atoms with Crippen LogP contribution >= 0.6 is 15.9 Å². The van der Waals surface area contributed by atoms with Crippen molar-refractivity contribution in [2.75, 3.05) is 18.4 Å². The van der Waals surface area contributed by atoms with Crippen LogP contribution in [0.15, 0.2) is 22.7 Å². The molecule has 1 aromatic rings. The predicted molar refractivity (Wildman–Crippen MR) is 91.3 cm³/mol. The lowest BCUT2D eigenvalue weighted by atomic mass is 10.0. The van der Waals surface area contributed by atoms with Crippen LogP contribution in [0, 0.1) is 10.1 Å². The molecule has 0 aromatic heterocycles. The fraction of sp³-hybridized carbons (Fsp3) is 0.625. The Kier molecular flexibility index (Phi) is 4.98. The second kappa shape index (κ2) is 6.96. The molecule has 0 amide bonds. The van der Waals surface area contributed by atoms with Gasteiger partial charge in [-0.2, -0.15) is 0 Å². The number of halogens is 1. The number of nitrogens with one attached hydrogen (secondary N) is 1. The van der Waals surface area contributed by atoms with Crippen molar-refractivity contribution in [3.05, 3.63) is 32.8 Å². The van der Waals surface area contributed by atoms with E-state index in [-0.39, 0.29) is 10.6 Å². The molecule has 2 fully saturated rings. The van der Waals surface area contributed by atoms with Crippen LogP contribution in [0.25, 0.3) is 0 Å². The number of benzene rings is 1. The summed E-state index contributed by atoms with van der Waals surface area (Å²) in [6, 6.07) is 6.18. The van der Waals surface area contributed by atoms with Crippen LogP contribution in [-0.4, -0.2) is 35.0 Å². The van der Waals surface area contributed by atoms with Crippen LogP contribution in [0.2, 0.25) is 0 Å². The maximum atomic E-state index is 11.1. The molecule has 1 aliphatic carbocycles. The van der Waals surface area contributed by atoms with Crippen LogP contribution in [0.3, 0.4) is 0 Å². The number of hydrogen-bond donors (Lipinski definition) is 1. The quantitative estimate of drug-likeness (QED) is 0.640. The highest BCUT2D eigenvalue weighted by Gasteiger charge is 2.27. The van der Waals surface area contributed by atoms with Gasteiger partial charge in [-0.3, -0.25) is 10.1 Å². The number of piperidine rings is 1. The monoisotopic (exact) mass is 367 g/mol. The Morgan fingerprint density at radius 1 is 1.18 bits per heavy atom. The van der Waals surface area contributed by atoms with E-state index in [9.17, 15) is 10.1 Å². The van der Waals surface area contributed by atoms with E-state index in [4.69, 9.17) is 0 Å². The molecule has 0 unspecified atom stereocenters. The molecule has 1 heterocycles. The molecule has 3 rings (SSSR count). The van der Waals surface area contributed by atoms with Gasteiger partial charge in [-0.15, -0.1) is 0 Å². The van der Waals surface area contributed by atoms with Crippen LogP contribution < -0.4 is 5.32 Å². The number of anilines is 1. The lowest BCUT2D eigenvalue weighted by Crippen LogP contribution is -2.43. The van der Waals surface area contributed by atoms with E-state index in [0.29, 0.717) is 11.7 Å². The van der Waals surface area contributed by atoms with Crippen LogP contribution in [-0.2, 0) is 0 Å². The smallest absolute Gasteiger partial charge is 0.292 e. The fourth-order valence-corrected chi connectivity index (χ4v) is 4.04. The Labute approximate surface area is 139 Å². The summed E-state index contributed by atoms with van der Waals surface area (Å²) in [4.78, 5) is 13.4. The van der Waals surface area contributed by atoms with Crippen molar-refractivity contribution in [3.63, 3.8) is 0 Å². The van der Waals surface area contributed by atoms with Crippen molar-refractivity contribution in [2.45, 2.75) is 50.6 Å². The van der Waals surface area contributed by atoms with E-state index in [1.807, 2.05) is 6.07 Å². The van der Waals surface area contributed by atoms with E-state index in [1.54, 1.807) is 12.1 Å². The third-order valence-electron chi connectivity index (χ3n) is 4.89. The van der Waals surface area contributed by atoms with E-state index >= 15 is 0 Å². The molecule has 22 heavy (non-hydrogen) atoms. The Balaban J connectivity index is 1.60. The zero-order chi connectivity index (χ0) is 15.5. The maximum absolute atomic E-state index is 11.1. The van der Waals surface area contributed by atoms with Gasteiger partial charge in [0.2, 0.25) is 0 Å². The Hall–Kier alpha value is -1.14. The highest BCUT2D eigenvalue weighted by molar-refractivity contribution is 9.10. The van der Waals surface area contributed by atoms with Crippen molar-refractivity contribution in [2.24, 2.45) is 0 Å². The first-order valence-corrected chi connectivity index (χ1v) is 8.87. The Morgan fingerprint density at radius 2 is 1.86 bits per heavy atom. The molecule has 1 aromatic carbocycles. The SMILES string of the molecule is O=[N+]([O-])c1ccc(Br)cc1NC1CCN(C2CCCC2)CC1. The first-order valence-electron chi connectivity index (χ1n) is 8.08. The predicted octanol–water partition coefficient (Wildman–Crippen LogP) is 4.18. The molecule has 0 radical (unpaired) electrons. The van der Waals surface area contributed by atoms with Gasteiger partial charge in [0.25, 0.3) is 5.69 Å². The van der Waals surface area contributed by atoms with E-state index in [2.05, 4.69) is 26.1 Å². The minimum absolute atomic E-state index is 0.154. The van der Waals surface area contributed by atoms with E-state index in [1.165, 1.54) is 25.7 Å². The second-order valence-corrected chi connectivity index (χ2v) is 7.23. The molecule has 1 saturated carbocycles. The van der Waals surface area contributed by atoms with Crippen molar-refractivity contribution >= 4 is 27.3 Å². The number of nitro groups is 1. The molecule has 120 valence electrons. The maximum Gasteiger partial charge on any atom is 0.292 e. The molecule has 5 nitrogen and oxygen atoms in total. The minimum atomic E-state index is -0.317. The summed E-state index contributed by atoms with van der Waals surface area (Å²) in [7, 11) is 0. The Bertz CT molecular complexity index is 538. The summed E-state index contributed by atoms with van der Waals surface area (Å²) in [6.45, 7) is 2.20. The molecule has 2 aliphatic rings. The summed E-state index contributed by atoms with van der Waals surface area (Å²) in [6.07, 6.45) is 7.53. The van der Waals surface area contributed by atoms with Gasteiger partial charge in [-0.1, -0.05) is 28.8 Å². The van der Waals surface area contributed by atoms with E-state index < -0.39 is 0 Å². The van der Waals surface area contributed by atoms with Crippen molar-refractivity contribution in [3.8, 4) is 0 Å². The molecule has 1 saturated heterocycles. The molecule has 1 aliphatic heterocycles. The minimum Gasteiger partial charge on any atom is -0.377 e. The second-order valence-electron chi connectivity index (χ2n) is 6.31. The highest BCUT2D eigenvalue weighted by atomic mass is 79.9. The standard InChI is InChI=1S/C16H22BrN3O2/c17-12-5-6-16(20(21)22)15(11-12)18-13-7-9-19(10-8-13)14-3-1-2-4-14/h5-6,11,13-14,18H,1-4,7-10H2. The van der Waals surface area contributed by atoms with Crippen molar-refractivity contribution in [1.29, 1.82) is 0 Å². The first-order chi connectivity index (χ1) is 10.6. The van der Waals surface area contributed by atoms with Gasteiger partial charge in [0, 0.05) is 35.7 Å². The highest BCUT2D eigenvalue weighted by Crippen LogP contribution is 2.31. The van der Waals surface area contributed by atoms with Crippen LogP contribution in [0.4, 0.5) is 11.4 Å². The zero-order valence-corrected chi connectivity index (χ0v) is 14.2. The summed E-state index contributed by atoms with van der Waals surface area (Å²) in [5.74, 6) is 0. The van der Waals surface area contributed by atoms with Crippen molar-refractivity contribution < 1.29 is 4.92 Å². The van der Waals surface area contributed by atoms with Crippen LogP contribution in [0.1, 0.15) is 38.5 Å². The number of likely N-dealkylation sites (tertiary alicyclic amines) is 1. The number of nitro benzene ring substituents is 1. The lowest BCUT2D eigenvalue weighted by Gasteiger charge is -2.36. The molecular weight excluding hydrogens is 346 g/mol. The molecule has 1 N–H and O–H groups in total. The fourth-order valence-electron chi connectivity index (χ4n) is 3.68. The topological polar surface area (TPSA) is 58.4 Å². The largest absolute Gasteiger partial charge is 0.377 e. The first kappa shape index (κ1) is 15.7. The van der Waals surface area contributed by atoms with Gasteiger partial charge in [0.05, 0.1) is 4.92 Å². The summed E-state index contributed by atoms with van der Waals surface area (Å²) >= 11 is 3.39. The molecule has 0 bridgehead atoms. The molecule has 0 spiro atoms. The normalized spacial score (nSPS) is 21.1. The third-order valence-corrected chi connectivity index (χ3v) is 5.38. The zero-order valence-electron chi connectivity index (χ0n) is 12.6. The van der Waals surface area contributed by atoms with Gasteiger partial charge < -0.3 is 10.2 Å². The lowest BCUT2D eigenvalue weighted by molar-refractivity contribution is -0.384. The molecule has 0 atom stereocenters. The third kappa shape index (κ3) is 3.60. The van der Waals surface area contributed by atoms with Gasteiger partial charge in [-0.25, -0.2) is 0 Å². The summed E-state index contributed by atoms with van der Waals surface area (Å²) in [5.41, 5.74) is 0.778. The summed E-state index contributed by atoms with van der Waals surface area (Å²) in [5, 5.41) is 14.5. The average Bonchev–Trinajstić information content (AvgIpc) is 3.02. The average molecular weight is 368 g/mol. The van der Waals surface area contributed by atoms with E-state index in [0.717, 1.165) is 36.4 Å². The number of hydrogen-bond acceptors (Lipinski definition) is 4. The summed E-state index contributed by atoms with van der Waals surface area (Å²) < 4.78 is 0.865. The number of nitrogens with zero attached hydrogens (tertiary/aromatic N) is 2. The van der Waals surface area contributed by atoms with Gasteiger partial charge >= 0.3 is 0 Å². The van der Waals surface area contributed by atoms with Gasteiger partial charge in [0.1, 0.15) is 5.69 Å². The van der Waals surface area contributed by atoms with Crippen LogP contribution in [0.5, 0.6) is 0 Å².